The molecule has 1 heterocycles. The molecule has 1 N–H and O–H groups in total. The van der Waals surface area contributed by atoms with Gasteiger partial charge in [0, 0.05) is 36.6 Å². The Morgan fingerprint density at radius 2 is 1.90 bits per heavy atom. The molecule has 1 fully saturated rings. The summed E-state index contributed by atoms with van der Waals surface area (Å²) in [5.41, 5.74) is 2.77. The van der Waals surface area contributed by atoms with Gasteiger partial charge < -0.3 is 5.32 Å². The molecular weight excluding hydrogens is 419 g/mol. The van der Waals surface area contributed by atoms with Crippen LogP contribution in [-0.2, 0) is 14.4 Å². The van der Waals surface area contributed by atoms with Crippen molar-refractivity contribution in [1.29, 1.82) is 0 Å². The summed E-state index contributed by atoms with van der Waals surface area (Å²) in [6, 6.07) is 4.67. The number of amides is 1. The van der Waals surface area contributed by atoms with E-state index in [-0.39, 0.29) is 47.1 Å². The van der Waals surface area contributed by atoms with Crippen LogP contribution in [0.25, 0.3) is 11.3 Å². The van der Waals surface area contributed by atoms with Crippen molar-refractivity contribution in [2.75, 3.05) is 0 Å². The lowest BCUT2D eigenvalue weighted by atomic mass is 9.85. The van der Waals surface area contributed by atoms with E-state index in [9.17, 15) is 18.8 Å². The average molecular weight is 445 g/mol. The first kappa shape index (κ1) is 23.1. The lowest BCUT2D eigenvalue weighted by Crippen LogP contribution is -2.34. The summed E-state index contributed by atoms with van der Waals surface area (Å²) in [5, 5.41) is 3.06. The van der Waals surface area contributed by atoms with Crippen LogP contribution in [0.4, 0.5) is 4.39 Å². The molecule has 1 aliphatic rings. The van der Waals surface area contributed by atoms with Crippen LogP contribution in [0.3, 0.4) is 0 Å². The number of benzene rings is 1. The van der Waals surface area contributed by atoms with E-state index >= 15 is 0 Å². The third-order valence-corrected chi connectivity index (χ3v) is 6.08. The third kappa shape index (κ3) is 4.85. The van der Waals surface area contributed by atoms with Gasteiger partial charge in [-0.15, -0.1) is 0 Å². The first-order chi connectivity index (χ1) is 14.6. The van der Waals surface area contributed by atoms with Crippen molar-refractivity contribution in [3.05, 3.63) is 51.9 Å². The molecule has 0 aliphatic heterocycles. The fourth-order valence-electron chi connectivity index (χ4n) is 4.19. The molecule has 7 heteroatoms. The number of Topliss-reactive ketones (excluding diaryl/α,β-unsaturated/α-hetero) is 2. The van der Waals surface area contributed by atoms with Gasteiger partial charge in [0.05, 0.1) is 5.02 Å². The van der Waals surface area contributed by atoms with E-state index in [0.717, 1.165) is 6.42 Å². The molecule has 3 unspecified atom stereocenters. The molecule has 1 amide bonds. The minimum absolute atomic E-state index is 0.0154. The van der Waals surface area contributed by atoms with Crippen molar-refractivity contribution in [2.45, 2.75) is 58.9 Å². The Bertz CT molecular complexity index is 1030. The normalized spacial score (nSPS) is 19.5. The number of halogens is 2. The second-order valence-corrected chi connectivity index (χ2v) is 8.73. The minimum Gasteiger partial charge on any atom is -0.354 e. The van der Waals surface area contributed by atoms with E-state index in [1.165, 1.54) is 12.3 Å². The highest BCUT2D eigenvalue weighted by Crippen LogP contribution is 2.38. The van der Waals surface area contributed by atoms with E-state index in [1.54, 1.807) is 26.0 Å². The van der Waals surface area contributed by atoms with Crippen molar-refractivity contribution in [1.82, 2.24) is 10.3 Å². The predicted octanol–water partition coefficient (Wildman–Crippen LogP) is 4.70. The van der Waals surface area contributed by atoms with Crippen molar-refractivity contribution in [3.63, 3.8) is 0 Å². The molecule has 1 aromatic heterocycles. The molecule has 0 bridgehead atoms. The molecule has 2 aromatic rings. The van der Waals surface area contributed by atoms with Gasteiger partial charge in [-0.3, -0.25) is 19.4 Å². The zero-order chi connectivity index (χ0) is 22.9. The Balaban J connectivity index is 1.88. The fourth-order valence-corrected chi connectivity index (χ4v) is 4.33. The van der Waals surface area contributed by atoms with Crippen LogP contribution in [0, 0.1) is 25.6 Å². The van der Waals surface area contributed by atoms with E-state index in [2.05, 4.69) is 10.3 Å². The first-order valence-electron chi connectivity index (χ1n) is 10.4. The maximum absolute atomic E-state index is 14.3. The topological polar surface area (TPSA) is 76.1 Å². The van der Waals surface area contributed by atoms with Crippen molar-refractivity contribution in [2.24, 2.45) is 5.92 Å². The van der Waals surface area contributed by atoms with E-state index in [0.29, 0.717) is 22.3 Å². The number of hydrogen-bond donors (Lipinski definition) is 1. The third-order valence-electron chi connectivity index (χ3n) is 5.87. The van der Waals surface area contributed by atoms with Gasteiger partial charge in [0.15, 0.2) is 11.6 Å². The van der Waals surface area contributed by atoms with E-state index in [4.69, 9.17) is 11.6 Å². The number of carbonyl (C=O) groups is 3. The molecule has 3 rings (SSSR count). The minimum atomic E-state index is -0.890. The van der Waals surface area contributed by atoms with Crippen LogP contribution in [0.15, 0.2) is 24.4 Å². The number of nitrogens with zero attached hydrogens (tertiary/aromatic N) is 1. The lowest BCUT2D eigenvalue weighted by Gasteiger charge is -2.18. The van der Waals surface area contributed by atoms with Crippen molar-refractivity contribution in [3.8, 4) is 11.3 Å². The Morgan fingerprint density at radius 3 is 2.48 bits per heavy atom. The van der Waals surface area contributed by atoms with Crippen LogP contribution in [0.1, 0.15) is 55.7 Å². The average Bonchev–Trinajstić information content (AvgIpc) is 2.94. The Kier molecular flexibility index (Phi) is 6.90. The predicted molar refractivity (Wildman–Crippen MR) is 117 cm³/mol. The highest BCUT2D eigenvalue weighted by atomic mass is 35.5. The molecule has 1 saturated carbocycles. The summed E-state index contributed by atoms with van der Waals surface area (Å²) >= 11 is 5.79. The molecule has 0 saturated heterocycles. The second kappa shape index (κ2) is 9.27. The largest absolute Gasteiger partial charge is 0.354 e. The zero-order valence-electron chi connectivity index (χ0n) is 18.1. The van der Waals surface area contributed by atoms with E-state index < -0.39 is 17.7 Å². The molecule has 0 radical (unpaired) electrons. The molecule has 0 spiro atoms. The Labute approximate surface area is 186 Å². The molecule has 164 valence electrons. The number of pyridine rings is 1. The molecular formula is C24H26ClFN2O3. The fraction of sp³-hybridized carbons (Fsp3) is 0.417. The number of aryl methyl sites for hydroxylation is 2. The molecule has 1 aromatic carbocycles. The Morgan fingerprint density at radius 1 is 1.26 bits per heavy atom. The second-order valence-electron chi connectivity index (χ2n) is 8.29. The van der Waals surface area contributed by atoms with Gasteiger partial charge in [-0.05, 0) is 62.1 Å². The van der Waals surface area contributed by atoms with Crippen molar-refractivity contribution >= 4 is 29.1 Å². The molecule has 1 aliphatic carbocycles. The number of aromatic nitrogens is 1. The summed E-state index contributed by atoms with van der Waals surface area (Å²) in [4.78, 5) is 42.1. The standard InChI is InChI=1S/C24H26ClFN2O3/c1-5-14(4)28-20(30)9-16-8-19(29)22(24(16)31)21-12(2)6-15(7-13(21)3)23-18(26)10-17(25)11-27-23/h6-7,10-11,14,16,22H,5,8-9H2,1-4H3,(H,28,30). The van der Waals surface area contributed by atoms with Gasteiger partial charge >= 0.3 is 0 Å². The number of hydrogen-bond acceptors (Lipinski definition) is 4. The molecule has 3 atom stereocenters. The zero-order valence-corrected chi connectivity index (χ0v) is 18.8. The maximum Gasteiger partial charge on any atom is 0.220 e. The van der Waals surface area contributed by atoms with Gasteiger partial charge in [-0.2, -0.15) is 0 Å². The van der Waals surface area contributed by atoms with Crippen LogP contribution in [0.5, 0.6) is 0 Å². The number of nitrogens with one attached hydrogen (secondary N) is 1. The summed E-state index contributed by atoms with van der Waals surface area (Å²) in [6.07, 6.45) is 2.24. The summed E-state index contributed by atoms with van der Waals surface area (Å²) in [6.45, 7) is 7.45. The van der Waals surface area contributed by atoms with Crippen LogP contribution in [-0.4, -0.2) is 28.5 Å². The SMILES string of the molecule is CCC(C)NC(=O)CC1CC(=O)C(c2c(C)cc(-c3ncc(Cl)cc3F)cc2C)C1=O. The lowest BCUT2D eigenvalue weighted by molar-refractivity contribution is -0.128. The van der Waals surface area contributed by atoms with Gasteiger partial charge in [-0.1, -0.05) is 18.5 Å². The van der Waals surface area contributed by atoms with Crippen LogP contribution >= 0.6 is 11.6 Å². The molecule has 5 nitrogen and oxygen atoms in total. The first-order valence-corrected chi connectivity index (χ1v) is 10.8. The summed E-state index contributed by atoms with van der Waals surface area (Å²) < 4.78 is 14.3. The smallest absolute Gasteiger partial charge is 0.220 e. The summed E-state index contributed by atoms with van der Waals surface area (Å²) in [5.74, 6) is -2.66. The van der Waals surface area contributed by atoms with Gasteiger partial charge in [0.25, 0.3) is 0 Å². The summed E-state index contributed by atoms with van der Waals surface area (Å²) in [7, 11) is 0. The quantitative estimate of drug-likeness (QED) is 0.655. The monoisotopic (exact) mass is 444 g/mol. The van der Waals surface area contributed by atoms with Gasteiger partial charge in [0.1, 0.15) is 17.4 Å². The van der Waals surface area contributed by atoms with E-state index in [1.807, 2.05) is 13.8 Å². The number of carbonyl (C=O) groups excluding carboxylic acids is 3. The maximum atomic E-state index is 14.3. The van der Waals surface area contributed by atoms with Crippen LogP contribution in [0.2, 0.25) is 5.02 Å². The van der Waals surface area contributed by atoms with Gasteiger partial charge in [-0.25, -0.2) is 4.39 Å². The molecule has 31 heavy (non-hydrogen) atoms. The van der Waals surface area contributed by atoms with Gasteiger partial charge in [0.2, 0.25) is 5.91 Å². The van der Waals surface area contributed by atoms with Crippen molar-refractivity contribution < 1.29 is 18.8 Å². The number of rotatable bonds is 6. The Hall–Kier alpha value is -2.60. The van der Waals surface area contributed by atoms with Crippen LogP contribution < -0.4 is 5.32 Å². The highest BCUT2D eigenvalue weighted by Gasteiger charge is 2.44. The number of ketones is 2. The highest BCUT2D eigenvalue weighted by molar-refractivity contribution is 6.30.